The summed E-state index contributed by atoms with van der Waals surface area (Å²) >= 11 is 0. The highest BCUT2D eigenvalue weighted by Gasteiger charge is 2.40. The number of rotatable bonds is 5. The number of aliphatic imine (C=N–C) groups is 1. The summed E-state index contributed by atoms with van der Waals surface area (Å²) in [5, 5.41) is 0. The molecule has 0 N–H and O–H groups in total. The number of hydrogen-bond acceptors (Lipinski definition) is 8. The Morgan fingerprint density at radius 2 is 1.67 bits per heavy atom. The summed E-state index contributed by atoms with van der Waals surface area (Å²) in [6.07, 6.45) is 7.61. The number of benzene rings is 1. The molecule has 0 radical (unpaired) electrons. The van der Waals surface area contributed by atoms with E-state index in [2.05, 4.69) is 60.9 Å². The molecule has 168 valence electrons. The highest BCUT2D eigenvalue weighted by Crippen LogP contribution is 2.40. The molecule has 0 spiro atoms. The number of fused-ring (bicyclic) bond motifs is 1. The minimum Gasteiger partial charge on any atom is -0.488 e. The number of piperazine rings is 1. The van der Waals surface area contributed by atoms with Crippen molar-refractivity contribution >= 4 is 17.5 Å². The van der Waals surface area contributed by atoms with Crippen molar-refractivity contribution in [2.24, 2.45) is 4.99 Å². The molecular weight excluding hydrogens is 414 g/mol. The first-order valence-corrected chi connectivity index (χ1v) is 11.5. The summed E-state index contributed by atoms with van der Waals surface area (Å²) in [6.45, 7) is 8.26. The highest BCUT2D eigenvalue weighted by atomic mass is 16.5. The van der Waals surface area contributed by atoms with Gasteiger partial charge in [0.1, 0.15) is 23.5 Å². The fourth-order valence-electron chi connectivity index (χ4n) is 4.34. The Morgan fingerprint density at radius 3 is 2.42 bits per heavy atom. The SMILES string of the molecule is Cc1cnc(N2CCN(c3cc(C4=NCc5ccc(OC6(C)CC6)cc54)ncn3)CC2)nc1. The molecule has 0 unspecified atom stereocenters. The van der Waals surface area contributed by atoms with E-state index in [9.17, 15) is 0 Å². The van der Waals surface area contributed by atoms with Crippen molar-refractivity contribution in [1.29, 1.82) is 0 Å². The average Bonchev–Trinajstić information content (AvgIpc) is 3.42. The third-order valence-corrected chi connectivity index (χ3v) is 6.61. The van der Waals surface area contributed by atoms with Gasteiger partial charge in [-0.25, -0.2) is 19.9 Å². The van der Waals surface area contributed by atoms with Gasteiger partial charge in [-0.3, -0.25) is 4.99 Å². The molecule has 6 rings (SSSR count). The first kappa shape index (κ1) is 20.1. The van der Waals surface area contributed by atoms with Crippen molar-refractivity contribution in [2.75, 3.05) is 36.0 Å². The first-order chi connectivity index (χ1) is 16.1. The lowest BCUT2D eigenvalue weighted by Gasteiger charge is -2.35. The molecule has 1 saturated carbocycles. The zero-order valence-electron chi connectivity index (χ0n) is 19.0. The van der Waals surface area contributed by atoms with Crippen molar-refractivity contribution in [3.63, 3.8) is 0 Å². The average molecular weight is 442 g/mol. The molecule has 8 heteroatoms. The van der Waals surface area contributed by atoms with Crippen LogP contribution in [0.2, 0.25) is 0 Å². The molecule has 3 aliphatic rings. The predicted molar refractivity (Wildman–Crippen MR) is 127 cm³/mol. The van der Waals surface area contributed by atoms with Gasteiger partial charge < -0.3 is 14.5 Å². The zero-order chi connectivity index (χ0) is 22.4. The first-order valence-electron chi connectivity index (χ1n) is 11.5. The third kappa shape index (κ3) is 4.01. The normalized spacial score (nSPS) is 18.7. The summed E-state index contributed by atoms with van der Waals surface area (Å²) in [5.41, 5.74) is 5.18. The lowest BCUT2D eigenvalue weighted by Crippen LogP contribution is -2.47. The molecular formula is C25H27N7O. The Labute approximate surface area is 193 Å². The lowest BCUT2D eigenvalue weighted by molar-refractivity contribution is 0.200. The van der Waals surface area contributed by atoms with Gasteiger partial charge >= 0.3 is 0 Å². The van der Waals surface area contributed by atoms with Crippen molar-refractivity contribution in [3.05, 3.63) is 65.4 Å². The molecule has 3 aromatic rings. The highest BCUT2D eigenvalue weighted by molar-refractivity contribution is 6.14. The maximum Gasteiger partial charge on any atom is 0.225 e. The van der Waals surface area contributed by atoms with Gasteiger partial charge in [0.2, 0.25) is 5.95 Å². The Hall–Kier alpha value is -3.55. The smallest absolute Gasteiger partial charge is 0.225 e. The molecule has 2 aromatic heterocycles. The molecule has 1 aromatic carbocycles. The van der Waals surface area contributed by atoms with Crippen LogP contribution in [0.25, 0.3) is 0 Å². The van der Waals surface area contributed by atoms with E-state index in [1.165, 1.54) is 5.56 Å². The summed E-state index contributed by atoms with van der Waals surface area (Å²) in [6, 6.07) is 8.36. The molecule has 1 saturated heterocycles. The van der Waals surface area contributed by atoms with Gasteiger partial charge in [-0.15, -0.1) is 0 Å². The molecule has 0 bridgehead atoms. The van der Waals surface area contributed by atoms with E-state index in [1.54, 1.807) is 6.33 Å². The van der Waals surface area contributed by atoms with Crippen molar-refractivity contribution in [2.45, 2.75) is 38.8 Å². The molecule has 4 heterocycles. The number of ether oxygens (including phenoxy) is 1. The zero-order valence-corrected chi connectivity index (χ0v) is 19.0. The van der Waals surface area contributed by atoms with Crippen LogP contribution in [0.1, 0.15) is 42.1 Å². The van der Waals surface area contributed by atoms with Crippen LogP contribution in [0, 0.1) is 6.92 Å². The third-order valence-electron chi connectivity index (χ3n) is 6.61. The minimum atomic E-state index is -0.00199. The van der Waals surface area contributed by atoms with E-state index in [4.69, 9.17) is 9.73 Å². The number of hydrogen-bond donors (Lipinski definition) is 0. The van der Waals surface area contributed by atoms with Crippen LogP contribution >= 0.6 is 0 Å². The molecule has 8 nitrogen and oxygen atoms in total. The van der Waals surface area contributed by atoms with Crippen LogP contribution < -0.4 is 14.5 Å². The van der Waals surface area contributed by atoms with E-state index in [0.717, 1.165) is 79.1 Å². The van der Waals surface area contributed by atoms with Gasteiger partial charge in [0.05, 0.1) is 18.0 Å². The second-order valence-corrected chi connectivity index (χ2v) is 9.33. The second kappa shape index (κ2) is 7.79. The van der Waals surface area contributed by atoms with E-state index in [-0.39, 0.29) is 5.60 Å². The van der Waals surface area contributed by atoms with Gasteiger partial charge in [-0.05, 0) is 49.9 Å². The van der Waals surface area contributed by atoms with Gasteiger partial charge in [-0.2, -0.15) is 0 Å². The summed E-state index contributed by atoms with van der Waals surface area (Å²) < 4.78 is 6.18. The monoisotopic (exact) mass is 441 g/mol. The lowest BCUT2D eigenvalue weighted by atomic mass is 10.0. The maximum absolute atomic E-state index is 6.18. The summed E-state index contributed by atoms with van der Waals surface area (Å²) in [5.74, 6) is 2.63. The second-order valence-electron chi connectivity index (χ2n) is 9.33. The van der Waals surface area contributed by atoms with Crippen LogP contribution in [-0.4, -0.2) is 57.4 Å². The van der Waals surface area contributed by atoms with Crippen molar-refractivity contribution < 1.29 is 4.74 Å². The van der Waals surface area contributed by atoms with Crippen LogP contribution in [0.4, 0.5) is 11.8 Å². The van der Waals surface area contributed by atoms with Crippen molar-refractivity contribution in [1.82, 2.24) is 19.9 Å². The number of anilines is 2. The van der Waals surface area contributed by atoms with Crippen LogP contribution in [0.3, 0.4) is 0 Å². The molecule has 0 atom stereocenters. The van der Waals surface area contributed by atoms with E-state index >= 15 is 0 Å². The summed E-state index contributed by atoms with van der Waals surface area (Å²) in [7, 11) is 0. The Bertz CT molecular complexity index is 1210. The van der Waals surface area contributed by atoms with Gasteiger partial charge in [0.15, 0.2) is 0 Å². The number of nitrogens with zero attached hydrogens (tertiary/aromatic N) is 7. The Morgan fingerprint density at radius 1 is 0.909 bits per heavy atom. The molecule has 0 amide bonds. The quantitative estimate of drug-likeness (QED) is 0.602. The topological polar surface area (TPSA) is 79.6 Å². The largest absolute Gasteiger partial charge is 0.488 e. The van der Waals surface area contributed by atoms with Gasteiger partial charge in [0, 0.05) is 50.2 Å². The van der Waals surface area contributed by atoms with Crippen LogP contribution in [0.5, 0.6) is 5.75 Å². The Kier molecular flexibility index (Phi) is 4.74. The van der Waals surface area contributed by atoms with E-state index < -0.39 is 0 Å². The Balaban J connectivity index is 1.18. The fraction of sp³-hybridized carbons (Fsp3) is 0.400. The minimum absolute atomic E-state index is 0.00199. The number of aromatic nitrogens is 4. The summed E-state index contributed by atoms with van der Waals surface area (Å²) in [4.78, 5) is 27.4. The molecule has 33 heavy (non-hydrogen) atoms. The predicted octanol–water partition coefficient (Wildman–Crippen LogP) is 3.18. The fourth-order valence-corrected chi connectivity index (χ4v) is 4.34. The van der Waals surface area contributed by atoms with Crippen LogP contribution in [-0.2, 0) is 6.54 Å². The maximum atomic E-state index is 6.18. The number of aryl methyl sites for hydroxylation is 1. The van der Waals surface area contributed by atoms with Gasteiger partial charge in [0.25, 0.3) is 0 Å². The van der Waals surface area contributed by atoms with Gasteiger partial charge in [-0.1, -0.05) is 6.07 Å². The molecule has 1 aliphatic carbocycles. The van der Waals surface area contributed by atoms with Crippen molar-refractivity contribution in [3.8, 4) is 5.75 Å². The molecule has 2 aliphatic heterocycles. The molecule has 2 fully saturated rings. The van der Waals surface area contributed by atoms with E-state index in [0.29, 0.717) is 6.54 Å². The van der Waals surface area contributed by atoms with Crippen LogP contribution in [0.15, 0.2) is 48.0 Å². The van der Waals surface area contributed by atoms with E-state index in [1.807, 2.05) is 19.3 Å². The standard InChI is InChI=1S/C25H27N7O/c1-17-13-27-24(28-14-17)32-9-7-31(8-10-32)22-12-21(29-16-30-22)23-20-11-19(33-25(2)5-6-25)4-3-18(20)15-26-23/h3-4,11-14,16H,5-10,15H2,1-2H3.